The minimum atomic E-state index is 0.747. The molecule has 0 heterocycles. The van der Waals surface area contributed by atoms with E-state index in [-0.39, 0.29) is 0 Å². The molecule has 1 rings (SSSR count). The summed E-state index contributed by atoms with van der Waals surface area (Å²) in [6.07, 6.45) is 15.0. The summed E-state index contributed by atoms with van der Waals surface area (Å²) in [7, 11) is 0. The molecule has 0 N–H and O–H groups in total. The average molecular weight is 271 g/mol. The van der Waals surface area contributed by atoms with Gasteiger partial charge in [-0.2, -0.15) is 0 Å². The minimum absolute atomic E-state index is 0.747. The third-order valence-electron chi connectivity index (χ3n) is 3.88. The third-order valence-corrected chi connectivity index (χ3v) is 3.88. The molecule has 0 bridgehead atoms. The van der Waals surface area contributed by atoms with Crippen LogP contribution in [0.2, 0.25) is 0 Å². The van der Waals surface area contributed by atoms with E-state index in [0.29, 0.717) is 0 Å². The maximum absolute atomic E-state index is 6.92. The summed E-state index contributed by atoms with van der Waals surface area (Å²) in [6.45, 7) is 9.20. The van der Waals surface area contributed by atoms with Gasteiger partial charge < -0.3 is 0 Å². The molecule has 0 aliphatic heterocycles. The molecule has 1 aromatic carbocycles. The molecule has 0 aliphatic carbocycles. The fraction of sp³-hybridized carbons (Fsp3) is 0.632. The van der Waals surface area contributed by atoms with Gasteiger partial charge >= 0.3 is 0 Å². The minimum Gasteiger partial charge on any atom is -0.238 e. The monoisotopic (exact) mass is 271 g/mol. The van der Waals surface area contributed by atoms with Crippen LogP contribution < -0.4 is 0 Å². The molecule has 0 spiro atoms. The molecule has 0 saturated carbocycles. The molecule has 0 atom stereocenters. The zero-order valence-electron chi connectivity index (χ0n) is 13.0. The van der Waals surface area contributed by atoms with Gasteiger partial charge in [-0.3, -0.25) is 0 Å². The van der Waals surface area contributed by atoms with E-state index in [4.69, 9.17) is 6.57 Å². The maximum Gasteiger partial charge on any atom is 0.187 e. The largest absolute Gasteiger partial charge is 0.238 e. The van der Waals surface area contributed by atoms with Crippen LogP contribution >= 0.6 is 0 Å². The first kappa shape index (κ1) is 16.8. The summed E-state index contributed by atoms with van der Waals surface area (Å²) in [6, 6.07) is 8.06. The lowest BCUT2D eigenvalue weighted by Crippen LogP contribution is -1.86. The Balaban J connectivity index is 1.93. The van der Waals surface area contributed by atoms with E-state index in [1.54, 1.807) is 0 Å². The van der Waals surface area contributed by atoms with Gasteiger partial charge in [0.1, 0.15) is 0 Å². The molecule has 1 aromatic rings. The molecule has 110 valence electrons. The van der Waals surface area contributed by atoms with Crippen molar-refractivity contribution in [2.24, 2.45) is 0 Å². The second-order valence-electron chi connectivity index (χ2n) is 5.71. The summed E-state index contributed by atoms with van der Waals surface area (Å²) < 4.78 is 0. The Labute approximate surface area is 125 Å². The zero-order chi connectivity index (χ0) is 14.5. The highest BCUT2D eigenvalue weighted by atomic mass is 14.6. The smallest absolute Gasteiger partial charge is 0.187 e. The van der Waals surface area contributed by atoms with Gasteiger partial charge in [0.25, 0.3) is 0 Å². The average Bonchev–Trinajstić information content (AvgIpc) is 2.50. The van der Waals surface area contributed by atoms with Gasteiger partial charge in [-0.25, -0.2) is 4.85 Å². The van der Waals surface area contributed by atoms with E-state index in [9.17, 15) is 0 Å². The Bertz CT molecular complexity index is 372. The van der Waals surface area contributed by atoms with Crippen molar-refractivity contribution < 1.29 is 0 Å². The van der Waals surface area contributed by atoms with Crippen LogP contribution in [0.4, 0.5) is 5.69 Å². The van der Waals surface area contributed by atoms with Crippen LogP contribution in [0.25, 0.3) is 4.85 Å². The molecular weight excluding hydrogens is 242 g/mol. The number of unbranched alkanes of at least 4 members (excludes halogenated alkanes) is 9. The van der Waals surface area contributed by atoms with Crippen molar-refractivity contribution in [1.29, 1.82) is 0 Å². The molecular formula is C19H29N. The first-order valence-corrected chi connectivity index (χ1v) is 8.33. The second-order valence-corrected chi connectivity index (χ2v) is 5.71. The number of aryl methyl sites for hydroxylation is 1. The Kier molecular flexibility index (Phi) is 9.66. The quantitative estimate of drug-likeness (QED) is 0.311. The van der Waals surface area contributed by atoms with Gasteiger partial charge in [-0.1, -0.05) is 94.5 Å². The van der Waals surface area contributed by atoms with E-state index in [2.05, 4.69) is 23.9 Å². The Morgan fingerprint density at radius 3 is 1.75 bits per heavy atom. The number of hydrogen-bond donors (Lipinski definition) is 0. The van der Waals surface area contributed by atoms with Crippen LogP contribution in [0.5, 0.6) is 0 Å². The first-order valence-electron chi connectivity index (χ1n) is 8.33. The van der Waals surface area contributed by atoms with Gasteiger partial charge in [-0.15, -0.1) is 0 Å². The third kappa shape index (κ3) is 8.00. The molecule has 1 heteroatoms. The topological polar surface area (TPSA) is 4.36 Å². The van der Waals surface area contributed by atoms with Gasteiger partial charge in [0, 0.05) is 0 Å². The summed E-state index contributed by atoms with van der Waals surface area (Å²) in [5.74, 6) is 0. The van der Waals surface area contributed by atoms with Gasteiger partial charge in [0.05, 0.1) is 6.57 Å². The van der Waals surface area contributed by atoms with E-state index < -0.39 is 0 Å². The SMILES string of the molecule is [C-]#[N+]c1ccc(CCCCCCCCCCCC)cc1. The molecule has 0 aromatic heterocycles. The van der Waals surface area contributed by atoms with Crippen LogP contribution in [-0.4, -0.2) is 0 Å². The zero-order valence-corrected chi connectivity index (χ0v) is 13.0. The van der Waals surface area contributed by atoms with Gasteiger partial charge in [0.15, 0.2) is 5.69 Å². The van der Waals surface area contributed by atoms with Crippen LogP contribution in [0, 0.1) is 6.57 Å². The molecule has 20 heavy (non-hydrogen) atoms. The van der Waals surface area contributed by atoms with Gasteiger partial charge in [0.2, 0.25) is 0 Å². The number of benzene rings is 1. The molecule has 0 radical (unpaired) electrons. The first-order chi connectivity index (χ1) is 9.86. The van der Waals surface area contributed by atoms with E-state index in [1.807, 2.05) is 12.1 Å². The highest BCUT2D eigenvalue weighted by Crippen LogP contribution is 2.15. The van der Waals surface area contributed by atoms with Crippen LogP contribution in [0.3, 0.4) is 0 Å². The predicted octanol–water partition coefficient (Wildman–Crippen LogP) is 6.70. The highest BCUT2D eigenvalue weighted by Gasteiger charge is 1.96. The Morgan fingerprint density at radius 2 is 1.25 bits per heavy atom. The lowest BCUT2D eigenvalue weighted by molar-refractivity contribution is 0.556. The van der Waals surface area contributed by atoms with Crippen molar-refractivity contribution in [2.45, 2.75) is 77.6 Å². The fourth-order valence-electron chi connectivity index (χ4n) is 2.55. The number of rotatable bonds is 11. The fourth-order valence-corrected chi connectivity index (χ4v) is 2.55. The molecule has 0 aliphatic rings. The van der Waals surface area contributed by atoms with Crippen molar-refractivity contribution in [3.8, 4) is 0 Å². The highest BCUT2D eigenvalue weighted by molar-refractivity contribution is 5.45. The summed E-state index contributed by atoms with van der Waals surface area (Å²) in [5.41, 5.74) is 2.12. The standard InChI is InChI=1S/C19H29N/c1-3-4-5-6-7-8-9-10-11-12-13-18-14-16-19(20-2)17-15-18/h14-17H,3-13H2,1H3. The second kappa shape index (κ2) is 11.5. The van der Waals surface area contributed by atoms with Crippen molar-refractivity contribution in [1.82, 2.24) is 0 Å². The Morgan fingerprint density at radius 1 is 0.750 bits per heavy atom. The number of nitrogens with zero attached hydrogens (tertiary/aromatic N) is 1. The van der Waals surface area contributed by atoms with Crippen molar-refractivity contribution >= 4 is 5.69 Å². The summed E-state index contributed by atoms with van der Waals surface area (Å²) in [4.78, 5) is 3.42. The molecule has 1 nitrogen and oxygen atoms in total. The maximum atomic E-state index is 6.92. The van der Waals surface area contributed by atoms with E-state index >= 15 is 0 Å². The Hall–Kier alpha value is -1.29. The summed E-state index contributed by atoms with van der Waals surface area (Å²) in [5, 5.41) is 0. The lowest BCUT2D eigenvalue weighted by atomic mass is 10.0. The van der Waals surface area contributed by atoms with Gasteiger partial charge in [-0.05, 0) is 12.8 Å². The molecule has 0 unspecified atom stereocenters. The van der Waals surface area contributed by atoms with Crippen molar-refractivity contribution in [2.75, 3.05) is 0 Å². The van der Waals surface area contributed by atoms with Crippen LogP contribution in [0.1, 0.15) is 76.7 Å². The van der Waals surface area contributed by atoms with Crippen LogP contribution in [-0.2, 0) is 6.42 Å². The lowest BCUT2D eigenvalue weighted by Gasteiger charge is -2.03. The van der Waals surface area contributed by atoms with Crippen LogP contribution in [0.15, 0.2) is 24.3 Å². The van der Waals surface area contributed by atoms with Crippen molar-refractivity contribution in [3.05, 3.63) is 41.2 Å². The molecule has 0 fully saturated rings. The van der Waals surface area contributed by atoms with E-state index in [0.717, 1.165) is 12.1 Å². The predicted molar refractivity (Wildman–Crippen MR) is 88.3 cm³/mol. The summed E-state index contributed by atoms with van der Waals surface area (Å²) >= 11 is 0. The van der Waals surface area contributed by atoms with E-state index in [1.165, 1.54) is 69.8 Å². The number of hydrogen-bond acceptors (Lipinski definition) is 0. The van der Waals surface area contributed by atoms with Crippen molar-refractivity contribution in [3.63, 3.8) is 0 Å². The normalized spacial score (nSPS) is 10.4. The molecule has 0 saturated heterocycles. The molecule has 0 amide bonds.